The molecule has 0 atom stereocenters. The molecule has 0 aliphatic heterocycles. The quantitative estimate of drug-likeness (QED) is 0.509. The van der Waals surface area contributed by atoms with Crippen molar-refractivity contribution in [3.8, 4) is 0 Å². The summed E-state index contributed by atoms with van der Waals surface area (Å²) in [5.41, 5.74) is 14.3. The lowest BCUT2D eigenvalue weighted by molar-refractivity contribution is 0.103. The zero-order chi connectivity index (χ0) is 18.3. The number of benzene rings is 2. The molecule has 2 aromatic heterocycles. The SMILES string of the molecule is Nc1c(C(=O)c2ccccc2)sc2sc(C(=O)c3ccccc3)c(N)c12. The Hall–Kier alpha value is -2.96. The lowest BCUT2D eigenvalue weighted by Crippen LogP contribution is -2.04. The number of ketones is 2. The third kappa shape index (κ3) is 2.60. The molecule has 4 aromatic rings. The number of anilines is 2. The maximum atomic E-state index is 12.7. The summed E-state index contributed by atoms with van der Waals surface area (Å²) in [6.45, 7) is 0. The molecular weight excluding hydrogens is 364 g/mol. The Morgan fingerprint density at radius 1 is 0.654 bits per heavy atom. The second-order valence-electron chi connectivity index (χ2n) is 5.74. The van der Waals surface area contributed by atoms with E-state index < -0.39 is 0 Å². The number of fused-ring (bicyclic) bond motifs is 1. The van der Waals surface area contributed by atoms with E-state index in [1.54, 1.807) is 24.3 Å². The summed E-state index contributed by atoms with van der Waals surface area (Å²) in [5, 5.41) is 0.610. The Morgan fingerprint density at radius 2 is 1.04 bits per heavy atom. The third-order valence-electron chi connectivity index (χ3n) is 4.11. The third-order valence-corrected chi connectivity index (χ3v) is 6.60. The van der Waals surface area contributed by atoms with E-state index in [0.717, 1.165) is 4.01 Å². The largest absolute Gasteiger partial charge is 0.397 e. The van der Waals surface area contributed by atoms with Crippen molar-refractivity contribution in [1.29, 1.82) is 0 Å². The lowest BCUT2D eigenvalue weighted by atomic mass is 10.1. The van der Waals surface area contributed by atoms with Gasteiger partial charge >= 0.3 is 0 Å². The van der Waals surface area contributed by atoms with E-state index in [2.05, 4.69) is 0 Å². The first kappa shape index (κ1) is 16.5. The molecule has 4 nitrogen and oxygen atoms in total. The zero-order valence-corrected chi connectivity index (χ0v) is 15.2. The molecule has 0 fully saturated rings. The number of hydrogen-bond acceptors (Lipinski definition) is 6. The first-order valence-electron chi connectivity index (χ1n) is 7.87. The number of nitrogens with two attached hydrogens (primary N) is 2. The number of carbonyl (C=O) groups is 2. The average Bonchev–Trinajstić information content (AvgIpc) is 3.19. The van der Waals surface area contributed by atoms with E-state index in [1.807, 2.05) is 36.4 Å². The molecule has 26 heavy (non-hydrogen) atoms. The zero-order valence-electron chi connectivity index (χ0n) is 13.6. The summed E-state index contributed by atoms with van der Waals surface area (Å²) in [7, 11) is 0. The van der Waals surface area contributed by atoms with Crippen molar-refractivity contribution in [2.75, 3.05) is 11.5 Å². The molecular formula is C20H14N2O2S2. The van der Waals surface area contributed by atoms with Crippen LogP contribution < -0.4 is 11.5 Å². The minimum atomic E-state index is -0.133. The highest BCUT2D eigenvalue weighted by molar-refractivity contribution is 7.40. The Labute approximate surface area is 157 Å². The lowest BCUT2D eigenvalue weighted by Gasteiger charge is -2.02. The first-order valence-corrected chi connectivity index (χ1v) is 9.51. The van der Waals surface area contributed by atoms with E-state index in [1.165, 1.54) is 22.7 Å². The van der Waals surface area contributed by atoms with Crippen molar-refractivity contribution in [3.63, 3.8) is 0 Å². The van der Waals surface area contributed by atoms with Crippen LogP contribution >= 0.6 is 22.7 Å². The van der Waals surface area contributed by atoms with Crippen molar-refractivity contribution in [3.05, 3.63) is 81.5 Å². The average molecular weight is 378 g/mol. The highest BCUT2D eigenvalue weighted by atomic mass is 32.2. The van der Waals surface area contributed by atoms with Crippen LogP contribution in [0.1, 0.15) is 30.5 Å². The van der Waals surface area contributed by atoms with E-state index in [0.29, 0.717) is 37.6 Å². The van der Waals surface area contributed by atoms with Crippen molar-refractivity contribution in [2.24, 2.45) is 0 Å². The van der Waals surface area contributed by atoms with Crippen LogP contribution in [0.5, 0.6) is 0 Å². The van der Waals surface area contributed by atoms with Crippen LogP contribution in [0.4, 0.5) is 11.4 Å². The molecule has 6 heteroatoms. The molecule has 0 saturated heterocycles. The highest BCUT2D eigenvalue weighted by Gasteiger charge is 2.25. The maximum Gasteiger partial charge on any atom is 0.205 e. The van der Waals surface area contributed by atoms with Gasteiger partial charge in [-0.3, -0.25) is 9.59 Å². The fourth-order valence-corrected chi connectivity index (χ4v) is 5.32. The number of thiophene rings is 2. The number of nitrogen functional groups attached to an aromatic ring is 2. The van der Waals surface area contributed by atoms with Gasteiger partial charge in [-0.25, -0.2) is 0 Å². The summed E-state index contributed by atoms with van der Waals surface area (Å²) in [5.74, 6) is -0.265. The molecule has 0 aliphatic carbocycles. The van der Waals surface area contributed by atoms with E-state index >= 15 is 0 Å². The normalized spacial score (nSPS) is 10.9. The fourth-order valence-electron chi connectivity index (χ4n) is 2.79. The Kier molecular flexibility index (Phi) is 4.06. The minimum Gasteiger partial charge on any atom is -0.397 e. The smallest absolute Gasteiger partial charge is 0.205 e. The van der Waals surface area contributed by atoms with Crippen LogP contribution in [0.15, 0.2) is 60.7 Å². The number of hydrogen-bond donors (Lipinski definition) is 2. The molecule has 0 aliphatic rings. The van der Waals surface area contributed by atoms with Gasteiger partial charge in [0.25, 0.3) is 0 Å². The van der Waals surface area contributed by atoms with E-state index in [9.17, 15) is 9.59 Å². The second kappa shape index (κ2) is 6.40. The standard InChI is InChI=1S/C20H14N2O2S2/c21-14-13-15(22)19(17(24)12-9-5-2-6-10-12)26-20(13)25-18(14)16(23)11-7-3-1-4-8-11/h1-10H,21-22H2. The monoisotopic (exact) mass is 378 g/mol. The fraction of sp³-hybridized carbons (Fsp3) is 0. The predicted octanol–water partition coefficient (Wildman–Crippen LogP) is 4.59. The summed E-state index contributed by atoms with van der Waals surface area (Å²) < 4.78 is 0.790. The number of carbonyl (C=O) groups excluding carboxylic acids is 2. The Balaban J connectivity index is 1.79. The molecule has 0 unspecified atom stereocenters. The van der Waals surface area contributed by atoms with Gasteiger partial charge in [-0.15, -0.1) is 22.7 Å². The topological polar surface area (TPSA) is 86.2 Å². The van der Waals surface area contributed by atoms with Crippen LogP contribution in [-0.2, 0) is 0 Å². The van der Waals surface area contributed by atoms with Gasteiger partial charge in [-0.05, 0) is 0 Å². The summed E-state index contributed by atoms with van der Waals surface area (Å²) in [6.07, 6.45) is 0. The molecule has 2 heterocycles. The van der Waals surface area contributed by atoms with E-state index in [4.69, 9.17) is 11.5 Å². The van der Waals surface area contributed by atoms with Gasteiger partial charge in [-0.2, -0.15) is 0 Å². The van der Waals surface area contributed by atoms with Crippen LogP contribution in [0, 0.1) is 0 Å². The van der Waals surface area contributed by atoms with E-state index in [-0.39, 0.29) is 11.6 Å². The van der Waals surface area contributed by atoms with Crippen LogP contribution in [0.25, 0.3) is 9.40 Å². The van der Waals surface area contributed by atoms with Gasteiger partial charge in [0.05, 0.1) is 20.8 Å². The highest BCUT2D eigenvalue weighted by Crippen LogP contribution is 2.45. The summed E-state index contributed by atoms with van der Waals surface area (Å²) in [4.78, 5) is 26.3. The van der Waals surface area contributed by atoms with Gasteiger partial charge in [-0.1, -0.05) is 60.7 Å². The van der Waals surface area contributed by atoms with Gasteiger partial charge < -0.3 is 11.5 Å². The molecule has 4 rings (SSSR count). The van der Waals surface area contributed by atoms with Gasteiger partial charge in [0, 0.05) is 11.1 Å². The molecule has 0 saturated carbocycles. The van der Waals surface area contributed by atoms with Crippen LogP contribution in [0.2, 0.25) is 0 Å². The van der Waals surface area contributed by atoms with Crippen molar-refractivity contribution >= 4 is 55.0 Å². The Bertz CT molecular complexity index is 1040. The van der Waals surface area contributed by atoms with Crippen LogP contribution in [-0.4, -0.2) is 11.6 Å². The first-order chi connectivity index (χ1) is 12.6. The minimum absolute atomic E-state index is 0.133. The van der Waals surface area contributed by atoms with Gasteiger partial charge in [0.1, 0.15) is 9.75 Å². The number of rotatable bonds is 4. The van der Waals surface area contributed by atoms with Gasteiger partial charge in [0.15, 0.2) is 0 Å². The second-order valence-corrected chi connectivity index (χ2v) is 8.04. The molecule has 2 aromatic carbocycles. The Morgan fingerprint density at radius 3 is 1.38 bits per heavy atom. The summed E-state index contributed by atoms with van der Waals surface area (Å²) >= 11 is 2.57. The molecule has 0 spiro atoms. The predicted molar refractivity (Wildman–Crippen MR) is 108 cm³/mol. The molecule has 0 bridgehead atoms. The van der Waals surface area contributed by atoms with Crippen LogP contribution in [0.3, 0.4) is 0 Å². The van der Waals surface area contributed by atoms with Crippen molar-refractivity contribution in [2.45, 2.75) is 0 Å². The molecule has 128 valence electrons. The molecule has 0 amide bonds. The molecule has 4 N–H and O–H groups in total. The van der Waals surface area contributed by atoms with Gasteiger partial charge in [0.2, 0.25) is 11.6 Å². The summed E-state index contributed by atoms with van der Waals surface area (Å²) in [6, 6.07) is 18.0. The maximum absolute atomic E-state index is 12.7. The van der Waals surface area contributed by atoms with Crippen molar-refractivity contribution < 1.29 is 9.59 Å². The molecule has 0 radical (unpaired) electrons. The van der Waals surface area contributed by atoms with Crippen molar-refractivity contribution in [1.82, 2.24) is 0 Å².